The molecule has 3 aliphatic rings. The third-order valence-electron chi connectivity index (χ3n) is 14.9. The number of hydrogen-bond donors (Lipinski definition) is 7. The summed E-state index contributed by atoms with van der Waals surface area (Å²) in [5, 5.41) is 41.7. The summed E-state index contributed by atoms with van der Waals surface area (Å²) in [5.74, 6) is -5.39. The first kappa shape index (κ1) is 72.2. The largest absolute Gasteiger partial charge is 0.496 e. The van der Waals surface area contributed by atoms with E-state index in [0.29, 0.717) is 55.4 Å². The molecule has 2 fully saturated rings. The molecule has 2 saturated heterocycles. The number of aliphatic carboxylic acids is 3. The zero-order valence-corrected chi connectivity index (χ0v) is 53.6. The highest BCUT2D eigenvalue weighted by atomic mass is 35.5. The van der Waals surface area contributed by atoms with Crippen molar-refractivity contribution in [3.8, 4) is 45.3 Å². The van der Waals surface area contributed by atoms with Crippen molar-refractivity contribution in [3.05, 3.63) is 75.9 Å². The Labute approximate surface area is 541 Å². The lowest BCUT2D eigenvalue weighted by Crippen LogP contribution is -2.62. The Kier molecular flexibility index (Phi) is 27.1. The van der Waals surface area contributed by atoms with Crippen LogP contribution in [-0.2, 0) is 64.4 Å². The number of aromatic nitrogens is 2. The summed E-state index contributed by atoms with van der Waals surface area (Å²) in [6.07, 6.45) is 0. The van der Waals surface area contributed by atoms with Crippen molar-refractivity contribution in [3.63, 3.8) is 0 Å². The molecule has 0 radical (unpaired) electrons. The number of carboxylic acids is 3. The summed E-state index contributed by atoms with van der Waals surface area (Å²) in [5.41, 5.74) is 3.08. The van der Waals surface area contributed by atoms with Crippen LogP contribution in [0.3, 0.4) is 0 Å². The fourth-order valence-electron chi connectivity index (χ4n) is 10.3. The van der Waals surface area contributed by atoms with Crippen LogP contribution in [0.25, 0.3) is 28.1 Å². The molecule has 0 bridgehead atoms. The Morgan fingerprint density at radius 3 is 1.78 bits per heavy atom. The minimum absolute atomic E-state index is 0.00173. The summed E-state index contributed by atoms with van der Waals surface area (Å²) in [7, 11) is -3.22. The minimum atomic E-state index is -4.77. The molecule has 3 aliphatic heterocycles. The van der Waals surface area contributed by atoms with Gasteiger partial charge in [0.15, 0.2) is 5.69 Å². The second kappa shape index (κ2) is 34.6. The Morgan fingerprint density at radius 1 is 0.717 bits per heavy atom. The number of carbonyl (C=O) groups excluding carboxylic acids is 4. The molecule has 4 amide bonds. The number of methoxy groups -OCH3 is 1. The van der Waals surface area contributed by atoms with Crippen molar-refractivity contribution in [2.75, 3.05) is 170 Å². The summed E-state index contributed by atoms with van der Waals surface area (Å²) < 4.78 is 75.7. The van der Waals surface area contributed by atoms with E-state index in [1.165, 1.54) is 4.90 Å². The average molecular weight is 1350 g/mol. The van der Waals surface area contributed by atoms with E-state index in [2.05, 4.69) is 16.0 Å². The van der Waals surface area contributed by atoms with Crippen LogP contribution in [0.5, 0.6) is 17.2 Å². The first-order valence-corrected chi connectivity index (χ1v) is 31.9. The maximum Gasteiger partial charge on any atom is 0.317 e. The van der Waals surface area contributed by atoms with Gasteiger partial charge in [0.25, 0.3) is 16.0 Å². The molecule has 7 rings (SSSR count). The number of amides is 4. The van der Waals surface area contributed by atoms with E-state index < -0.39 is 69.6 Å². The first-order valence-electron chi connectivity index (χ1n) is 29.5. The van der Waals surface area contributed by atoms with Crippen molar-refractivity contribution in [2.45, 2.75) is 32.0 Å². The number of carboxylic acid groups (broad SMARTS) is 3. The van der Waals surface area contributed by atoms with Gasteiger partial charge in [0, 0.05) is 98.2 Å². The van der Waals surface area contributed by atoms with Crippen LogP contribution < -0.4 is 30.2 Å². The van der Waals surface area contributed by atoms with E-state index in [1.54, 1.807) is 55.7 Å². The Balaban J connectivity index is 0.811. The van der Waals surface area contributed by atoms with Crippen LogP contribution >= 0.6 is 23.2 Å². The lowest BCUT2D eigenvalue weighted by Gasteiger charge is -2.41. The maximum absolute atomic E-state index is 14.4. The van der Waals surface area contributed by atoms with Crippen LogP contribution in [0, 0.1) is 0 Å². The second-order valence-electron chi connectivity index (χ2n) is 22.3. The normalized spacial score (nSPS) is 16.4. The molecule has 33 heteroatoms. The number of rotatable bonds is 32. The van der Waals surface area contributed by atoms with Crippen molar-refractivity contribution in [1.29, 1.82) is 0 Å². The van der Waals surface area contributed by atoms with E-state index in [1.807, 2.05) is 44.2 Å². The van der Waals surface area contributed by atoms with Gasteiger partial charge in [-0.1, -0.05) is 35.3 Å². The molecule has 4 heterocycles. The predicted octanol–water partition coefficient (Wildman–Crippen LogP) is 1.17. The number of halogens is 2. The second-order valence-corrected chi connectivity index (χ2v) is 24.7. The van der Waals surface area contributed by atoms with Crippen molar-refractivity contribution >= 4 is 74.9 Å². The van der Waals surface area contributed by atoms with E-state index in [0.717, 1.165) is 5.56 Å². The van der Waals surface area contributed by atoms with Crippen LogP contribution in [-0.4, -0.2) is 286 Å². The van der Waals surface area contributed by atoms with E-state index >= 15 is 0 Å². The number of hydrogen-bond acceptors (Lipinski definition) is 21. The summed E-state index contributed by atoms with van der Waals surface area (Å²) in [6, 6.07) is 14.4. The van der Waals surface area contributed by atoms with Crippen LogP contribution in [0.2, 0.25) is 10.0 Å². The molecular weight excluding hydrogens is 1270 g/mol. The SMILES string of the molecule is COc1cc2c(cc1-c1cccc(OCCOCCOCCOCCOCCNC(=O)[C@H](CS(=O)(=O)O)NC(=O)CN3CCN(CC(=O)O)CCN(CC(=O)O)CCN(CC(=O)O)CC3)c1)-c1c(c(C(=O)N3CC(=O)NCC3(C)C)nn1-c1cc(Cl)cc(Cl)c1)CO2. The number of piperazine rings is 1. The molecule has 504 valence electrons. The lowest BCUT2D eigenvalue weighted by atomic mass is 9.95. The minimum Gasteiger partial charge on any atom is -0.496 e. The third-order valence-corrected chi connectivity index (χ3v) is 16.1. The topological polar surface area (TPSA) is 369 Å². The molecule has 0 spiro atoms. The number of benzene rings is 3. The Hall–Kier alpha value is -7.27. The van der Waals surface area contributed by atoms with Gasteiger partial charge in [-0.15, -0.1) is 0 Å². The number of fused-ring (bicyclic) bond motifs is 3. The predicted molar refractivity (Wildman–Crippen MR) is 332 cm³/mol. The van der Waals surface area contributed by atoms with Gasteiger partial charge in [-0.2, -0.15) is 13.5 Å². The third kappa shape index (κ3) is 22.2. The van der Waals surface area contributed by atoms with Crippen molar-refractivity contribution < 1.29 is 95.0 Å². The highest BCUT2D eigenvalue weighted by Crippen LogP contribution is 2.47. The molecule has 92 heavy (non-hydrogen) atoms. The Bertz CT molecular complexity index is 3310. The number of carbonyl (C=O) groups is 7. The van der Waals surface area contributed by atoms with Crippen LogP contribution in [0.4, 0.5) is 0 Å². The molecule has 1 aromatic heterocycles. The molecular formula is C59H78Cl2N10O20S. The summed E-state index contributed by atoms with van der Waals surface area (Å²) in [4.78, 5) is 96.0. The molecule has 1 atom stereocenters. The van der Waals surface area contributed by atoms with Crippen molar-refractivity contribution in [1.82, 2.24) is 50.2 Å². The van der Waals surface area contributed by atoms with E-state index in [4.69, 9.17) is 61.5 Å². The average Bonchev–Trinajstić information content (AvgIpc) is 1.53. The number of nitrogens with zero attached hydrogens (tertiary/aromatic N) is 7. The Morgan fingerprint density at radius 2 is 1.25 bits per heavy atom. The fourth-order valence-corrected chi connectivity index (χ4v) is 11.5. The van der Waals surface area contributed by atoms with E-state index in [9.17, 15) is 61.9 Å². The van der Waals surface area contributed by atoms with Gasteiger partial charge in [0.1, 0.15) is 48.8 Å². The van der Waals surface area contributed by atoms with Gasteiger partial charge in [-0.05, 0) is 55.8 Å². The zero-order valence-electron chi connectivity index (χ0n) is 51.3. The van der Waals surface area contributed by atoms with Gasteiger partial charge < -0.3 is 69.3 Å². The molecule has 4 aromatic rings. The van der Waals surface area contributed by atoms with Gasteiger partial charge in [-0.3, -0.25) is 57.7 Å². The molecule has 3 aromatic carbocycles. The number of nitrogens with one attached hydrogen (secondary N) is 3. The van der Waals surface area contributed by atoms with Crippen molar-refractivity contribution in [2.24, 2.45) is 0 Å². The van der Waals surface area contributed by atoms with E-state index in [-0.39, 0.29) is 169 Å². The summed E-state index contributed by atoms with van der Waals surface area (Å²) >= 11 is 13.0. The highest BCUT2D eigenvalue weighted by molar-refractivity contribution is 7.85. The maximum atomic E-state index is 14.4. The van der Waals surface area contributed by atoms with Gasteiger partial charge in [0.05, 0.1) is 103 Å². The van der Waals surface area contributed by atoms with Gasteiger partial charge in [0.2, 0.25) is 17.7 Å². The monoisotopic (exact) mass is 1350 g/mol. The quantitative estimate of drug-likeness (QED) is 0.0266. The number of ether oxygens (including phenoxy) is 7. The summed E-state index contributed by atoms with van der Waals surface area (Å²) in [6.45, 7) is 5.12. The smallest absolute Gasteiger partial charge is 0.317 e. The fraction of sp³-hybridized carbons (Fsp3) is 0.525. The highest BCUT2D eigenvalue weighted by Gasteiger charge is 2.41. The standard InChI is InChI=1S/C59H78Cl2N10O20S/c1-59(2)38-63-50(72)32-70(59)58(81)55-46-36-91-49-30-48(85-3)44(29-45(49)56(46)71(65-55)42-27-40(60)26-41(61)28-42)39-5-4-6-43(25-39)90-24-23-89-22-21-88-20-19-87-18-17-86-16-7-62-57(80)47(37-92(82,83)84)64-51(73)31-66-8-10-67(33-52(74)75)12-14-69(35-54(78)79)15-13-68(11-9-66)34-53(76)77/h4-6,25-30,47H,7-24,31-38H2,1-3H3,(H,62,80)(H,63,72)(H,64,73)(H,74,75)(H,76,77)(H,78,79)(H,82,83,84)/t47-/m0/s1. The molecule has 0 saturated carbocycles. The zero-order chi connectivity index (χ0) is 66.5. The molecule has 0 aliphatic carbocycles. The molecule has 0 unspecified atom stereocenters. The van der Waals surface area contributed by atoms with Crippen LogP contribution in [0.15, 0.2) is 54.6 Å². The van der Waals surface area contributed by atoms with Gasteiger partial charge >= 0.3 is 17.9 Å². The van der Waals surface area contributed by atoms with Gasteiger partial charge in [-0.25, -0.2) is 4.68 Å². The van der Waals surface area contributed by atoms with Crippen LogP contribution in [0.1, 0.15) is 29.9 Å². The molecule has 7 N–H and O–H groups in total. The molecule has 30 nitrogen and oxygen atoms in total. The first-order chi connectivity index (χ1) is 43.9. The lowest BCUT2D eigenvalue weighted by molar-refractivity contribution is -0.140.